The molecule has 0 heterocycles. The number of benzene rings is 1. The van der Waals surface area contributed by atoms with Crippen LogP contribution in [0.25, 0.3) is 0 Å². The fourth-order valence-electron chi connectivity index (χ4n) is 1.55. The van der Waals surface area contributed by atoms with Crippen LogP contribution in [0.15, 0.2) is 18.2 Å². The zero-order valence-corrected chi connectivity index (χ0v) is 11.3. The van der Waals surface area contributed by atoms with Crippen LogP contribution in [-0.4, -0.2) is 33.3 Å². The molecule has 6 heteroatoms. The first kappa shape index (κ1) is 14.5. The van der Waals surface area contributed by atoms with Gasteiger partial charge in [-0.05, 0) is 31.5 Å². The van der Waals surface area contributed by atoms with Crippen LogP contribution >= 0.6 is 0 Å². The Labute approximate surface area is 109 Å². The number of hydrogen-bond donors (Lipinski definition) is 3. The van der Waals surface area contributed by atoms with Crippen molar-refractivity contribution in [3.63, 3.8) is 0 Å². The maximum absolute atomic E-state index is 11.1. The van der Waals surface area contributed by atoms with Gasteiger partial charge in [0.05, 0.1) is 5.56 Å². The van der Waals surface area contributed by atoms with Crippen LogP contribution in [-0.2, 0) is 10.8 Å². The molecular formula is C12H18N2O3S. The smallest absolute Gasteiger partial charge is 0.337 e. The Kier molecular flexibility index (Phi) is 5.15. The largest absolute Gasteiger partial charge is 0.478 e. The second-order valence-corrected chi connectivity index (χ2v) is 5.78. The SMILES string of the molecule is CC(CCS(C)=O)Nc1ccc(N)cc1C(=O)O. The average molecular weight is 270 g/mol. The first-order valence-corrected chi connectivity index (χ1v) is 7.32. The number of nitrogens with two attached hydrogens (primary N) is 1. The number of anilines is 2. The lowest BCUT2D eigenvalue weighted by Gasteiger charge is -2.16. The Morgan fingerprint density at radius 1 is 1.56 bits per heavy atom. The van der Waals surface area contributed by atoms with Crippen LogP contribution in [0.5, 0.6) is 0 Å². The summed E-state index contributed by atoms with van der Waals surface area (Å²) in [6.45, 7) is 1.93. The van der Waals surface area contributed by atoms with Crippen molar-refractivity contribution in [1.29, 1.82) is 0 Å². The third kappa shape index (κ3) is 4.37. The molecule has 1 rings (SSSR count). The molecule has 0 fully saturated rings. The molecule has 0 spiro atoms. The second-order valence-electron chi connectivity index (χ2n) is 4.22. The van der Waals surface area contributed by atoms with Crippen LogP contribution in [0.3, 0.4) is 0 Å². The number of carboxylic acids is 1. The highest BCUT2D eigenvalue weighted by atomic mass is 32.2. The lowest BCUT2D eigenvalue weighted by Crippen LogP contribution is -2.19. The highest BCUT2D eigenvalue weighted by Crippen LogP contribution is 2.20. The fraction of sp³-hybridized carbons (Fsp3) is 0.417. The molecule has 0 radical (unpaired) electrons. The molecule has 0 aliphatic carbocycles. The van der Waals surface area contributed by atoms with Gasteiger partial charge in [-0.25, -0.2) is 4.79 Å². The van der Waals surface area contributed by atoms with E-state index >= 15 is 0 Å². The summed E-state index contributed by atoms with van der Waals surface area (Å²) in [7, 11) is -0.838. The predicted octanol–water partition coefficient (Wildman–Crippen LogP) is 1.54. The van der Waals surface area contributed by atoms with E-state index in [1.165, 1.54) is 6.07 Å². The van der Waals surface area contributed by atoms with Gasteiger partial charge in [0.2, 0.25) is 0 Å². The Morgan fingerprint density at radius 2 is 2.22 bits per heavy atom. The number of nitrogen functional groups attached to an aromatic ring is 1. The van der Waals surface area contributed by atoms with Crippen LogP contribution < -0.4 is 11.1 Å². The molecule has 2 unspecified atom stereocenters. The number of carbonyl (C=O) groups is 1. The van der Waals surface area contributed by atoms with E-state index in [1.54, 1.807) is 18.4 Å². The van der Waals surface area contributed by atoms with Crippen molar-refractivity contribution in [2.24, 2.45) is 0 Å². The van der Waals surface area contributed by atoms with E-state index in [4.69, 9.17) is 10.8 Å². The molecule has 2 atom stereocenters. The number of rotatable bonds is 6. The lowest BCUT2D eigenvalue weighted by molar-refractivity contribution is 0.0698. The molecule has 1 aromatic rings. The first-order chi connectivity index (χ1) is 8.40. The number of carboxylic acid groups (broad SMARTS) is 1. The minimum atomic E-state index is -1.02. The van der Waals surface area contributed by atoms with Gasteiger partial charge in [0.25, 0.3) is 0 Å². The number of aromatic carboxylic acids is 1. The van der Waals surface area contributed by atoms with Crippen molar-refractivity contribution in [2.45, 2.75) is 19.4 Å². The second kappa shape index (κ2) is 6.39. The molecule has 0 saturated heterocycles. The zero-order chi connectivity index (χ0) is 13.7. The van der Waals surface area contributed by atoms with Gasteiger partial charge in [-0.2, -0.15) is 0 Å². The third-order valence-electron chi connectivity index (χ3n) is 2.51. The maximum Gasteiger partial charge on any atom is 0.337 e. The van der Waals surface area contributed by atoms with Gasteiger partial charge in [-0.3, -0.25) is 4.21 Å². The quantitative estimate of drug-likeness (QED) is 0.682. The van der Waals surface area contributed by atoms with Crippen LogP contribution in [0.1, 0.15) is 23.7 Å². The average Bonchev–Trinajstić information content (AvgIpc) is 2.28. The van der Waals surface area contributed by atoms with Crippen LogP contribution in [0.2, 0.25) is 0 Å². The molecular weight excluding hydrogens is 252 g/mol. The van der Waals surface area contributed by atoms with Crippen molar-refractivity contribution < 1.29 is 14.1 Å². The van der Waals surface area contributed by atoms with Crippen molar-refractivity contribution in [3.05, 3.63) is 23.8 Å². The highest BCUT2D eigenvalue weighted by Gasteiger charge is 2.12. The summed E-state index contributed by atoms with van der Waals surface area (Å²) >= 11 is 0. The van der Waals surface area contributed by atoms with E-state index < -0.39 is 16.8 Å². The molecule has 0 amide bonds. The van der Waals surface area contributed by atoms with Gasteiger partial charge in [0, 0.05) is 40.2 Å². The van der Waals surface area contributed by atoms with Gasteiger partial charge >= 0.3 is 5.97 Å². The van der Waals surface area contributed by atoms with Crippen molar-refractivity contribution in [1.82, 2.24) is 0 Å². The minimum absolute atomic E-state index is 0.0515. The molecule has 0 aliphatic heterocycles. The molecule has 0 saturated carbocycles. The maximum atomic E-state index is 11.1. The highest BCUT2D eigenvalue weighted by molar-refractivity contribution is 7.84. The summed E-state index contributed by atoms with van der Waals surface area (Å²) in [6.07, 6.45) is 2.37. The first-order valence-electron chi connectivity index (χ1n) is 5.59. The van der Waals surface area contributed by atoms with Gasteiger partial charge in [0.1, 0.15) is 0 Å². The Bertz CT molecular complexity index is 463. The molecule has 1 aromatic carbocycles. The molecule has 18 heavy (non-hydrogen) atoms. The summed E-state index contributed by atoms with van der Waals surface area (Å²) in [5.74, 6) is -0.429. The lowest BCUT2D eigenvalue weighted by atomic mass is 10.1. The van der Waals surface area contributed by atoms with Crippen molar-refractivity contribution in [3.8, 4) is 0 Å². The molecule has 100 valence electrons. The summed E-state index contributed by atoms with van der Waals surface area (Å²) in [4.78, 5) is 11.1. The van der Waals surface area contributed by atoms with Crippen LogP contribution in [0, 0.1) is 0 Å². The third-order valence-corrected chi connectivity index (χ3v) is 3.32. The standard InChI is InChI=1S/C12H18N2O3S/c1-8(5-6-18(2)17)14-11-4-3-9(13)7-10(11)12(15)16/h3-4,7-8,14H,5-6,13H2,1-2H3,(H,15,16). The molecule has 0 aliphatic rings. The number of nitrogens with one attached hydrogen (secondary N) is 1. The van der Waals surface area contributed by atoms with Gasteiger partial charge in [-0.1, -0.05) is 0 Å². The van der Waals surface area contributed by atoms with Gasteiger partial charge < -0.3 is 16.2 Å². The van der Waals surface area contributed by atoms with E-state index in [0.29, 0.717) is 23.5 Å². The van der Waals surface area contributed by atoms with Crippen LogP contribution in [0.4, 0.5) is 11.4 Å². The summed E-state index contributed by atoms with van der Waals surface area (Å²) in [6, 6.07) is 4.78. The fourth-order valence-corrected chi connectivity index (χ4v) is 2.23. The van der Waals surface area contributed by atoms with Gasteiger partial charge in [0.15, 0.2) is 0 Å². The Morgan fingerprint density at radius 3 is 2.78 bits per heavy atom. The normalized spacial score (nSPS) is 13.9. The Balaban J connectivity index is 2.77. The molecule has 0 bridgehead atoms. The Hall–Kier alpha value is -1.56. The van der Waals surface area contributed by atoms with Crippen molar-refractivity contribution >= 4 is 28.1 Å². The predicted molar refractivity (Wildman–Crippen MR) is 74.4 cm³/mol. The van der Waals surface area contributed by atoms with Gasteiger partial charge in [-0.15, -0.1) is 0 Å². The summed E-state index contributed by atoms with van der Waals surface area (Å²) < 4.78 is 11.0. The van der Waals surface area contributed by atoms with E-state index in [9.17, 15) is 9.00 Å². The monoisotopic (exact) mass is 270 g/mol. The molecule has 4 N–H and O–H groups in total. The molecule has 0 aromatic heterocycles. The van der Waals surface area contributed by atoms with E-state index in [1.807, 2.05) is 6.92 Å². The molecule has 5 nitrogen and oxygen atoms in total. The van der Waals surface area contributed by atoms with E-state index in [-0.39, 0.29) is 11.6 Å². The summed E-state index contributed by atoms with van der Waals surface area (Å²) in [5, 5.41) is 12.2. The number of hydrogen-bond acceptors (Lipinski definition) is 4. The topological polar surface area (TPSA) is 92.4 Å². The minimum Gasteiger partial charge on any atom is -0.478 e. The summed E-state index contributed by atoms with van der Waals surface area (Å²) in [5.41, 5.74) is 6.67. The van der Waals surface area contributed by atoms with E-state index in [2.05, 4.69) is 5.32 Å². The zero-order valence-electron chi connectivity index (χ0n) is 10.5. The van der Waals surface area contributed by atoms with Crippen molar-refractivity contribution in [2.75, 3.05) is 23.1 Å². The van der Waals surface area contributed by atoms with E-state index in [0.717, 1.165) is 0 Å².